The van der Waals surface area contributed by atoms with Crippen molar-refractivity contribution in [3.05, 3.63) is 54.3 Å². The van der Waals surface area contributed by atoms with Crippen LogP contribution in [0.5, 0.6) is 0 Å². The van der Waals surface area contributed by atoms with E-state index in [4.69, 9.17) is 0 Å². The lowest BCUT2D eigenvalue weighted by Crippen LogP contribution is -2.55. The second-order valence-electron chi connectivity index (χ2n) is 8.10. The molecule has 2 aromatic carbocycles. The minimum Gasteiger partial charge on any atom is -0.371 e. The second-order valence-corrected chi connectivity index (χ2v) is 8.10. The molecule has 2 fully saturated rings. The molecule has 0 aliphatic carbocycles. The van der Waals surface area contributed by atoms with E-state index < -0.39 is 0 Å². The molecular formula is C23H30FN3. The third-order valence-corrected chi connectivity index (χ3v) is 6.34. The van der Waals surface area contributed by atoms with Crippen LogP contribution in [0.25, 0.3) is 11.1 Å². The van der Waals surface area contributed by atoms with Gasteiger partial charge in [0.1, 0.15) is 5.82 Å². The SMILES string of the molecule is C[C@@H]1CN(C2CCN(c3cccc(-c4cccc(F)c4)c3)CC2)CCN1C. The summed E-state index contributed by atoms with van der Waals surface area (Å²) in [5, 5.41) is 0. The standard InChI is InChI=1S/C23H30FN3/c1-18-17-27(14-13-25(18)2)22-9-11-26(12-10-22)23-8-4-6-20(16-23)19-5-3-7-21(24)15-19/h3-8,15-16,18,22H,9-14,17H2,1-2H3/t18-/m1/s1. The normalized spacial score (nSPS) is 22.9. The lowest BCUT2D eigenvalue weighted by atomic mass is 9.99. The summed E-state index contributed by atoms with van der Waals surface area (Å²) < 4.78 is 13.6. The Morgan fingerprint density at radius 1 is 0.889 bits per heavy atom. The van der Waals surface area contributed by atoms with Crippen LogP contribution >= 0.6 is 0 Å². The van der Waals surface area contributed by atoms with Crippen LogP contribution in [0.4, 0.5) is 10.1 Å². The van der Waals surface area contributed by atoms with Gasteiger partial charge in [-0.3, -0.25) is 4.90 Å². The predicted octanol–water partition coefficient (Wildman–Crippen LogP) is 4.10. The zero-order valence-electron chi connectivity index (χ0n) is 16.4. The summed E-state index contributed by atoms with van der Waals surface area (Å²) in [6.07, 6.45) is 2.45. The van der Waals surface area contributed by atoms with Crippen molar-refractivity contribution in [2.75, 3.05) is 44.7 Å². The van der Waals surface area contributed by atoms with Crippen LogP contribution < -0.4 is 4.90 Å². The van der Waals surface area contributed by atoms with Gasteiger partial charge >= 0.3 is 0 Å². The molecule has 1 atom stereocenters. The number of nitrogens with zero attached hydrogens (tertiary/aromatic N) is 3. The molecule has 27 heavy (non-hydrogen) atoms. The van der Waals surface area contributed by atoms with Crippen LogP contribution in [0, 0.1) is 5.82 Å². The zero-order valence-corrected chi connectivity index (χ0v) is 16.4. The molecule has 2 saturated heterocycles. The summed E-state index contributed by atoms with van der Waals surface area (Å²) in [5.74, 6) is -0.180. The number of hydrogen-bond acceptors (Lipinski definition) is 3. The number of benzene rings is 2. The Morgan fingerprint density at radius 3 is 2.30 bits per heavy atom. The summed E-state index contributed by atoms with van der Waals surface area (Å²) in [5.41, 5.74) is 3.28. The molecule has 4 rings (SSSR count). The zero-order chi connectivity index (χ0) is 18.8. The molecule has 2 aliphatic rings. The van der Waals surface area contributed by atoms with E-state index in [-0.39, 0.29) is 5.82 Å². The molecule has 0 amide bonds. The highest BCUT2D eigenvalue weighted by Gasteiger charge is 2.29. The lowest BCUT2D eigenvalue weighted by Gasteiger charge is -2.45. The molecule has 0 bridgehead atoms. The fraction of sp³-hybridized carbons (Fsp3) is 0.478. The monoisotopic (exact) mass is 367 g/mol. The van der Waals surface area contributed by atoms with Crippen molar-refractivity contribution >= 4 is 5.69 Å². The minimum absolute atomic E-state index is 0.180. The fourth-order valence-electron chi connectivity index (χ4n) is 4.45. The summed E-state index contributed by atoms with van der Waals surface area (Å²) in [7, 11) is 2.23. The Labute approximate surface area is 162 Å². The first-order chi connectivity index (χ1) is 13.1. The van der Waals surface area contributed by atoms with E-state index in [1.54, 1.807) is 12.1 Å². The van der Waals surface area contributed by atoms with Gasteiger partial charge in [-0.2, -0.15) is 0 Å². The molecule has 144 valence electrons. The molecule has 0 spiro atoms. The topological polar surface area (TPSA) is 9.72 Å². The molecule has 0 unspecified atom stereocenters. The van der Waals surface area contributed by atoms with Crippen LogP contribution in [0.1, 0.15) is 19.8 Å². The van der Waals surface area contributed by atoms with E-state index in [1.165, 1.54) is 44.2 Å². The maximum atomic E-state index is 13.6. The molecular weight excluding hydrogens is 337 g/mol. The number of likely N-dealkylation sites (N-methyl/N-ethyl adjacent to an activating group) is 1. The molecule has 0 aromatic heterocycles. The lowest BCUT2D eigenvalue weighted by molar-refractivity contribution is 0.0627. The van der Waals surface area contributed by atoms with Gasteiger partial charge in [0.25, 0.3) is 0 Å². The van der Waals surface area contributed by atoms with Crippen molar-refractivity contribution in [2.24, 2.45) is 0 Å². The highest BCUT2D eigenvalue weighted by molar-refractivity contribution is 5.68. The van der Waals surface area contributed by atoms with Gasteiger partial charge in [0.2, 0.25) is 0 Å². The Kier molecular flexibility index (Phi) is 5.46. The van der Waals surface area contributed by atoms with E-state index in [1.807, 2.05) is 6.07 Å². The van der Waals surface area contributed by atoms with E-state index in [0.29, 0.717) is 12.1 Å². The first-order valence-corrected chi connectivity index (χ1v) is 10.2. The maximum Gasteiger partial charge on any atom is 0.123 e. The van der Waals surface area contributed by atoms with Crippen molar-refractivity contribution < 1.29 is 4.39 Å². The van der Waals surface area contributed by atoms with Crippen LogP contribution in [0.2, 0.25) is 0 Å². The second kappa shape index (κ2) is 7.99. The largest absolute Gasteiger partial charge is 0.371 e. The summed E-state index contributed by atoms with van der Waals surface area (Å²) in [6.45, 7) is 8.09. The van der Waals surface area contributed by atoms with Crippen LogP contribution in [-0.2, 0) is 0 Å². The van der Waals surface area contributed by atoms with Crippen LogP contribution in [0.15, 0.2) is 48.5 Å². The van der Waals surface area contributed by atoms with Crippen molar-refractivity contribution in [1.29, 1.82) is 0 Å². The highest BCUT2D eigenvalue weighted by Crippen LogP contribution is 2.28. The Morgan fingerprint density at radius 2 is 1.59 bits per heavy atom. The minimum atomic E-state index is -0.180. The molecule has 2 aliphatic heterocycles. The molecule has 0 saturated carbocycles. The maximum absolute atomic E-state index is 13.6. The third-order valence-electron chi connectivity index (χ3n) is 6.34. The predicted molar refractivity (Wildman–Crippen MR) is 111 cm³/mol. The molecule has 0 N–H and O–H groups in total. The van der Waals surface area contributed by atoms with Gasteiger partial charge in [0.05, 0.1) is 0 Å². The Balaban J connectivity index is 1.41. The number of halogens is 1. The Bertz CT molecular complexity index is 770. The van der Waals surface area contributed by atoms with Gasteiger partial charge in [-0.25, -0.2) is 4.39 Å². The van der Waals surface area contributed by atoms with Crippen LogP contribution in [-0.4, -0.2) is 61.7 Å². The van der Waals surface area contributed by atoms with E-state index in [0.717, 1.165) is 24.2 Å². The number of hydrogen-bond donors (Lipinski definition) is 0. The molecule has 2 heterocycles. The van der Waals surface area contributed by atoms with E-state index in [9.17, 15) is 4.39 Å². The number of piperazine rings is 1. The quantitative estimate of drug-likeness (QED) is 0.809. The smallest absolute Gasteiger partial charge is 0.123 e. The van der Waals surface area contributed by atoms with Crippen molar-refractivity contribution in [3.8, 4) is 11.1 Å². The summed E-state index contributed by atoms with van der Waals surface area (Å²) in [6, 6.07) is 16.8. The fourth-order valence-corrected chi connectivity index (χ4v) is 4.45. The molecule has 2 aromatic rings. The van der Waals surface area contributed by atoms with Crippen molar-refractivity contribution in [1.82, 2.24) is 9.80 Å². The van der Waals surface area contributed by atoms with Gasteiger partial charge in [-0.05, 0) is 62.2 Å². The average Bonchev–Trinajstić information content (AvgIpc) is 2.70. The number of piperidine rings is 1. The van der Waals surface area contributed by atoms with E-state index >= 15 is 0 Å². The van der Waals surface area contributed by atoms with Gasteiger partial charge < -0.3 is 9.80 Å². The van der Waals surface area contributed by atoms with Gasteiger partial charge in [0, 0.05) is 50.5 Å². The van der Waals surface area contributed by atoms with Crippen molar-refractivity contribution in [3.63, 3.8) is 0 Å². The number of anilines is 1. The van der Waals surface area contributed by atoms with Crippen LogP contribution in [0.3, 0.4) is 0 Å². The van der Waals surface area contributed by atoms with Gasteiger partial charge in [0.15, 0.2) is 0 Å². The molecule has 3 nitrogen and oxygen atoms in total. The number of rotatable bonds is 3. The van der Waals surface area contributed by atoms with Gasteiger partial charge in [-0.15, -0.1) is 0 Å². The molecule has 0 radical (unpaired) electrons. The third kappa shape index (κ3) is 4.17. The molecule has 4 heteroatoms. The Hall–Kier alpha value is -1.91. The first kappa shape index (κ1) is 18.5. The summed E-state index contributed by atoms with van der Waals surface area (Å²) >= 11 is 0. The van der Waals surface area contributed by atoms with Gasteiger partial charge in [-0.1, -0.05) is 24.3 Å². The van der Waals surface area contributed by atoms with E-state index in [2.05, 4.69) is 52.9 Å². The summed E-state index contributed by atoms with van der Waals surface area (Å²) in [4.78, 5) is 7.65. The first-order valence-electron chi connectivity index (χ1n) is 10.2. The highest BCUT2D eigenvalue weighted by atomic mass is 19.1. The average molecular weight is 368 g/mol. The van der Waals surface area contributed by atoms with Crippen molar-refractivity contribution in [2.45, 2.75) is 31.8 Å².